The van der Waals surface area contributed by atoms with Crippen molar-refractivity contribution in [1.29, 1.82) is 0 Å². The highest BCUT2D eigenvalue weighted by Gasteiger charge is 2.24. The third-order valence-electron chi connectivity index (χ3n) is 2.06. The van der Waals surface area contributed by atoms with Gasteiger partial charge in [-0.05, 0) is 6.07 Å². The zero-order valence-corrected chi connectivity index (χ0v) is 10.2. The molecular weight excluding hydrogens is 263 g/mol. The van der Waals surface area contributed by atoms with Crippen molar-refractivity contribution in [3.05, 3.63) is 34.4 Å². The van der Waals surface area contributed by atoms with Crippen molar-refractivity contribution >= 4 is 28.5 Å². The highest BCUT2D eigenvalue weighted by atomic mass is 32.2. The van der Waals surface area contributed by atoms with Crippen LogP contribution in [0.3, 0.4) is 0 Å². The van der Waals surface area contributed by atoms with Gasteiger partial charge in [-0.1, -0.05) is 6.07 Å². The van der Waals surface area contributed by atoms with Gasteiger partial charge < -0.3 is 10.0 Å². The fraction of sp³-hybridized carbons (Fsp3) is 0.250. The van der Waals surface area contributed by atoms with Gasteiger partial charge in [0.2, 0.25) is 10.0 Å². The molecule has 0 radical (unpaired) electrons. The molecule has 0 atom stereocenters. The number of sulfonamides is 1. The predicted molar refractivity (Wildman–Crippen MR) is 65.5 cm³/mol. The van der Waals surface area contributed by atoms with Crippen LogP contribution in [-0.2, 0) is 10.0 Å². The lowest BCUT2D eigenvalue weighted by molar-refractivity contribution is -0.384. The normalized spacial score (nSPS) is 11.1. The number of hydrogen-bond donors (Lipinski definition) is 2. The number of nitro groups is 1. The average molecular weight is 274 g/mol. The Bertz CT molecular complexity index is 546. The number of benzene rings is 1. The second-order valence-corrected chi connectivity index (χ2v) is 5.46. The maximum atomic E-state index is 11.5. The van der Waals surface area contributed by atoms with E-state index in [9.17, 15) is 18.5 Å². The summed E-state index contributed by atoms with van der Waals surface area (Å²) in [7, 11) is -5.64. The Balaban J connectivity index is 3.21. The fourth-order valence-corrected chi connectivity index (χ4v) is 2.24. The van der Waals surface area contributed by atoms with Gasteiger partial charge >= 0.3 is 7.12 Å². The highest BCUT2D eigenvalue weighted by Crippen LogP contribution is 2.22. The summed E-state index contributed by atoms with van der Waals surface area (Å²) in [5.41, 5.74) is -0.284. The maximum absolute atomic E-state index is 11.5. The van der Waals surface area contributed by atoms with Gasteiger partial charge in [-0.3, -0.25) is 14.4 Å². The molecule has 0 aromatic heterocycles. The van der Waals surface area contributed by atoms with Crippen molar-refractivity contribution in [3.8, 4) is 0 Å². The molecule has 8 nitrogen and oxygen atoms in total. The van der Waals surface area contributed by atoms with Gasteiger partial charge in [0.25, 0.3) is 5.69 Å². The summed E-state index contributed by atoms with van der Waals surface area (Å²) in [6, 6.07) is 4.90. The summed E-state index contributed by atoms with van der Waals surface area (Å²) in [6.45, 7) is 0. The summed E-state index contributed by atoms with van der Waals surface area (Å²) in [4.78, 5) is 9.92. The monoisotopic (exact) mass is 274 g/mol. The van der Waals surface area contributed by atoms with Gasteiger partial charge in [0, 0.05) is 12.1 Å². The Morgan fingerprint density at radius 2 is 2.06 bits per heavy atom. The molecule has 0 aliphatic heterocycles. The van der Waals surface area contributed by atoms with E-state index in [-0.39, 0.29) is 11.4 Å². The lowest BCUT2D eigenvalue weighted by atomic mass is 9.92. The Hall–Kier alpha value is -1.65. The first kappa shape index (κ1) is 14.4. The summed E-state index contributed by atoms with van der Waals surface area (Å²) in [5.74, 6) is 0. The molecule has 98 valence electrons. The lowest BCUT2D eigenvalue weighted by Gasteiger charge is -2.21. The molecule has 0 unspecified atom stereocenters. The molecule has 18 heavy (non-hydrogen) atoms. The molecule has 0 fully saturated rings. The molecule has 1 aromatic carbocycles. The lowest BCUT2D eigenvalue weighted by Crippen LogP contribution is -2.39. The van der Waals surface area contributed by atoms with Crippen LogP contribution in [0.25, 0.3) is 0 Å². The predicted octanol–water partition coefficient (Wildman–Crippen LogP) is -0.627. The first-order valence-electron chi connectivity index (χ1n) is 4.80. The number of anilines is 1. The minimum atomic E-state index is -3.76. The molecule has 10 heteroatoms. The Labute approximate surface area is 104 Å². The van der Waals surface area contributed by atoms with E-state index in [4.69, 9.17) is 10.0 Å². The average Bonchev–Trinajstić information content (AvgIpc) is 2.24. The molecule has 0 aliphatic carbocycles. The van der Waals surface area contributed by atoms with Gasteiger partial charge in [-0.15, -0.1) is 0 Å². The summed E-state index contributed by atoms with van der Waals surface area (Å²) in [6.07, 6.45) is 0.272. The second kappa shape index (κ2) is 5.33. The van der Waals surface area contributed by atoms with Crippen molar-refractivity contribution in [1.82, 2.24) is 0 Å². The quantitative estimate of drug-likeness (QED) is 0.419. The van der Waals surface area contributed by atoms with E-state index in [2.05, 4.69) is 0 Å². The van der Waals surface area contributed by atoms with E-state index < -0.39 is 28.5 Å². The van der Waals surface area contributed by atoms with Gasteiger partial charge in [0.15, 0.2) is 0 Å². The van der Waals surface area contributed by atoms with Crippen LogP contribution in [-0.4, -0.2) is 43.2 Å². The number of rotatable bonds is 5. The number of non-ortho nitro benzene ring substituents is 1. The summed E-state index contributed by atoms with van der Waals surface area (Å²) in [5, 5.41) is 28.3. The van der Waals surface area contributed by atoms with Crippen LogP contribution in [0, 0.1) is 10.1 Å². The maximum Gasteiger partial charge on any atom is 0.473 e. The highest BCUT2D eigenvalue weighted by molar-refractivity contribution is 7.92. The molecule has 0 bridgehead atoms. The van der Waals surface area contributed by atoms with Gasteiger partial charge in [-0.25, -0.2) is 8.42 Å². The topological polar surface area (TPSA) is 121 Å². The number of nitrogens with zero attached hydrogens (tertiary/aromatic N) is 2. The van der Waals surface area contributed by atoms with Crippen molar-refractivity contribution in [2.75, 3.05) is 17.0 Å². The van der Waals surface area contributed by atoms with Crippen LogP contribution in [0.1, 0.15) is 0 Å². The van der Waals surface area contributed by atoms with Crippen LogP contribution < -0.4 is 4.31 Å². The Kier molecular flexibility index (Phi) is 4.27. The minimum Gasteiger partial charge on any atom is -0.426 e. The molecule has 0 saturated heterocycles. The smallest absolute Gasteiger partial charge is 0.426 e. The second-order valence-electron chi connectivity index (χ2n) is 3.55. The minimum absolute atomic E-state index is 0.000185. The van der Waals surface area contributed by atoms with E-state index in [0.29, 0.717) is 4.31 Å². The molecule has 1 rings (SSSR count). The third-order valence-corrected chi connectivity index (χ3v) is 3.22. The van der Waals surface area contributed by atoms with E-state index in [1.807, 2.05) is 0 Å². The van der Waals surface area contributed by atoms with Crippen molar-refractivity contribution in [3.63, 3.8) is 0 Å². The summed E-state index contributed by atoms with van der Waals surface area (Å²) >= 11 is 0. The first-order valence-corrected chi connectivity index (χ1v) is 6.65. The van der Waals surface area contributed by atoms with E-state index in [0.717, 1.165) is 12.3 Å². The molecule has 0 spiro atoms. The first-order chi connectivity index (χ1) is 8.21. The Morgan fingerprint density at radius 3 is 2.50 bits per heavy atom. The number of nitro benzene ring substituents is 1. The van der Waals surface area contributed by atoms with E-state index in [1.54, 1.807) is 0 Å². The Morgan fingerprint density at radius 1 is 1.44 bits per heavy atom. The zero-order chi connectivity index (χ0) is 13.9. The van der Waals surface area contributed by atoms with Crippen LogP contribution in [0.5, 0.6) is 0 Å². The van der Waals surface area contributed by atoms with E-state index in [1.165, 1.54) is 18.2 Å². The van der Waals surface area contributed by atoms with E-state index >= 15 is 0 Å². The van der Waals surface area contributed by atoms with Crippen molar-refractivity contribution < 1.29 is 23.4 Å². The molecular formula is C8H11BN2O6S. The largest absolute Gasteiger partial charge is 0.473 e. The molecule has 0 heterocycles. The van der Waals surface area contributed by atoms with Gasteiger partial charge in [-0.2, -0.15) is 0 Å². The number of hydrogen-bond acceptors (Lipinski definition) is 6. The third kappa shape index (κ3) is 3.69. The van der Waals surface area contributed by atoms with Crippen LogP contribution in [0.15, 0.2) is 24.3 Å². The molecule has 0 amide bonds. The summed E-state index contributed by atoms with van der Waals surface area (Å²) < 4.78 is 23.6. The van der Waals surface area contributed by atoms with Crippen LogP contribution in [0.4, 0.5) is 11.4 Å². The van der Waals surface area contributed by atoms with Crippen LogP contribution >= 0.6 is 0 Å². The SMILES string of the molecule is CS(=O)(=O)N(CB(O)O)c1cccc([N+](=O)[O-])c1. The van der Waals surface area contributed by atoms with Gasteiger partial charge in [0.05, 0.1) is 23.3 Å². The zero-order valence-electron chi connectivity index (χ0n) is 9.42. The standard InChI is InChI=1S/C8H11BN2O6S/c1-18(16,17)10(6-9(12)13)7-3-2-4-8(5-7)11(14)15/h2-5,12-13H,6H2,1H3. The molecule has 2 N–H and O–H groups in total. The van der Waals surface area contributed by atoms with Crippen LogP contribution in [0.2, 0.25) is 0 Å². The molecule has 1 aromatic rings. The van der Waals surface area contributed by atoms with Crippen molar-refractivity contribution in [2.24, 2.45) is 0 Å². The molecule has 0 saturated carbocycles. The molecule has 0 aliphatic rings. The fourth-order valence-electron chi connectivity index (χ4n) is 1.34. The van der Waals surface area contributed by atoms with Crippen molar-refractivity contribution in [2.45, 2.75) is 0 Å². The van der Waals surface area contributed by atoms with Gasteiger partial charge in [0.1, 0.15) is 0 Å².